The summed E-state index contributed by atoms with van der Waals surface area (Å²) in [6.45, 7) is 0.410. The van der Waals surface area contributed by atoms with Crippen LogP contribution < -0.4 is 4.90 Å². The van der Waals surface area contributed by atoms with E-state index in [1.807, 2.05) is 0 Å². The Labute approximate surface area is 119 Å². The van der Waals surface area contributed by atoms with Crippen molar-refractivity contribution in [3.8, 4) is 0 Å². The summed E-state index contributed by atoms with van der Waals surface area (Å²) in [5.41, 5.74) is 0.104. The van der Waals surface area contributed by atoms with Crippen LogP contribution in [0.3, 0.4) is 0 Å². The summed E-state index contributed by atoms with van der Waals surface area (Å²) in [6, 6.07) is 5.36. The molecule has 0 spiro atoms. The molecule has 0 saturated heterocycles. The predicted octanol–water partition coefficient (Wildman–Crippen LogP) is 3.79. The number of hydrogen-bond acceptors (Lipinski definition) is 3. The van der Waals surface area contributed by atoms with Crippen molar-refractivity contribution in [3.05, 3.63) is 52.9 Å². The highest BCUT2D eigenvalue weighted by Crippen LogP contribution is 2.32. The largest absolute Gasteiger partial charge is 0.416 e. The maximum absolute atomic E-state index is 12.7. The van der Waals surface area contributed by atoms with Crippen LogP contribution in [0.1, 0.15) is 11.1 Å². The molecule has 2 aromatic heterocycles. The molecule has 0 radical (unpaired) electrons. The van der Waals surface area contributed by atoms with E-state index in [0.29, 0.717) is 6.54 Å². The molecule has 0 aliphatic heterocycles. The second kappa shape index (κ2) is 5.66. The summed E-state index contributed by atoms with van der Waals surface area (Å²) in [5, 5.41) is -0.184. The minimum Gasteiger partial charge on any atom is -0.355 e. The maximum atomic E-state index is 12.7. The molecule has 0 fully saturated rings. The summed E-state index contributed by atoms with van der Waals surface area (Å²) in [5.74, 6) is 0.168. The lowest BCUT2D eigenvalue weighted by molar-refractivity contribution is -0.137. The minimum absolute atomic E-state index is 0.168. The Morgan fingerprint density at radius 3 is 2.45 bits per heavy atom. The van der Waals surface area contributed by atoms with Gasteiger partial charge in [0.2, 0.25) is 0 Å². The average molecular weight is 302 g/mol. The average Bonchev–Trinajstić information content (AvgIpc) is 2.38. The van der Waals surface area contributed by atoms with Gasteiger partial charge >= 0.3 is 6.18 Å². The van der Waals surface area contributed by atoms with E-state index in [4.69, 9.17) is 11.6 Å². The fourth-order valence-corrected chi connectivity index (χ4v) is 1.89. The van der Waals surface area contributed by atoms with Crippen molar-refractivity contribution in [3.63, 3.8) is 0 Å². The van der Waals surface area contributed by atoms with Crippen LogP contribution in [0.25, 0.3) is 0 Å². The molecule has 0 aliphatic carbocycles. The fraction of sp³-hybridized carbons (Fsp3) is 0.231. The molecule has 0 N–H and O–H groups in total. The van der Waals surface area contributed by atoms with Crippen LogP contribution >= 0.6 is 11.6 Å². The van der Waals surface area contributed by atoms with Crippen molar-refractivity contribution in [2.45, 2.75) is 12.7 Å². The Morgan fingerprint density at radius 2 is 1.85 bits per heavy atom. The van der Waals surface area contributed by atoms with Crippen LogP contribution in [-0.2, 0) is 12.7 Å². The van der Waals surface area contributed by atoms with Crippen LogP contribution in [0.2, 0.25) is 5.15 Å². The summed E-state index contributed by atoms with van der Waals surface area (Å²) < 4.78 is 38.2. The molecule has 2 heterocycles. The van der Waals surface area contributed by atoms with Gasteiger partial charge in [0.05, 0.1) is 5.56 Å². The van der Waals surface area contributed by atoms with Gasteiger partial charge in [-0.2, -0.15) is 13.2 Å². The summed E-state index contributed by atoms with van der Waals surface area (Å²) in [7, 11) is 1.65. The van der Waals surface area contributed by atoms with Crippen LogP contribution in [-0.4, -0.2) is 17.0 Å². The van der Waals surface area contributed by atoms with Crippen LogP contribution in [0.4, 0.5) is 19.0 Å². The van der Waals surface area contributed by atoms with Crippen molar-refractivity contribution in [1.82, 2.24) is 9.97 Å². The van der Waals surface area contributed by atoms with Gasteiger partial charge in [-0.1, -0.05) is 11.6 Å². The molecule has 0 aliphatic rings. The zero-order chi connectivity index (χ0) is 14.8. The zero-order valence-corrected chi connectivity index (χ0v) is 11.3. The number of aromatic nitrogens is 2. The van der Waals surface area contributed by atoms with Crippen molar-refractivity contribution in [1.29, 1.82) is 0 Å². The lowest BCUT2D eigenvalue weighted by Gasteiger charge is -2.19. The Morgan fingerprint density at radius 1 is 1.20 bits per heavy atom. The number of anilines is 1. The van der Waals surface area contributed by atoms with E-state index in [1.165, 1.54) is 0 Å². The molecule has 0 saturated carbocycles. The Kier molecular flexibility index (Phi) is 4.13. The van der Waals surface area contributed by atoms with Crippen molar-refractivity contribution in [2.75, 3.05) is 11.9 Å². The molecule has 0 bridgehead atoms. The predicted molar refractivity (Wildman–Crippen MR) is 70.6 cm³/mol. The van der Waals surface area contributed by atoms with E-state index < -0.39 is 11.7 Å². The van der Waals surface area contributed by atoms with E-state index in [0.717, 1.165) is 17.7 Å². The second-order valence-corrected chi connectivity index (χ2v) is 4.63. The van der Waals surface area contributed by atoms with Crippen molar-refractivity contribution < 1.29 is 13.2 Å². The van der Waals surface area contributed by atoms with E-state index in [-0.39, 0.29) is 11.0 Å². The molecular formula is C13H11ClF3N3. The quantitative estimate of drug-likeness (QED) is 0.808. The Bertz CT molecular complexity index is 587. The topological polar surface area (TPSA) is 29.0 Å². The third-order valence-corrected chi connectivity index (χ3v) is 2.86. The van der Waals surface area contributed by atoms with Gasteiger partial charge in [0.25, 0.3) is 0 Å². The van der Waals surface area contributed by atoms with E-state index in [2.05, 4.69) is 9.97 Å². The number of rotatable bonds is 3. The molecule has 0 unspecified atom stereocenters. The molecular weight excluding hydrogens is 291 g/mol. The first-order chi connectivity index (χ1) is 9.36. The van der Waals surface area contributed by atoms with Gasteiger partial charge in [0, 0.05) is 26.0 Å². The van der Waals surface area contributed by atoms with Gasteiger partial charge < -0.3 is 4.90 Å². The highest BCUT2D eigenvalue weighted by atomic mass is 35.5. The van der Waals surface area contributed by atoms with Crippen LogP contribution in [0.5, 0.6) is 0 Å². The van der Waals surface area contributed by atoms with Crippen molar-refractivity contribution in [2.24, 2.45) is 0 Å². The summed E-state index contributed by atoms with van der Waals surface area (Å²) in [4.78, 5) is 9.39. The first-order valence-corrected chi connectivity index (χ1v) is 6.09. The third kappa shape index (κ3) is 3.60. The van der Waals surface area contributed by atoms with Gasteiger partial charge in [-0.3, -0.25) is 4.98 Å². The zero-order valence-electron chi connectivity index (χ0n) is 10.5. The number of pyridine rings is 2. The molecule has 7 heteroatoms. The van der Waals surface area contributed by atoms with Gasteiger partial charge in [0.1, 0.15) is 11.0 Å². The minimum atomic E-state index is -4.45. The Hall–Kier alpha value is -1.82. The number of hydrogen-bond donors (Lipinski definition) is 0. The van der Waals surface area contributed by atoms with Crippen molar-refractivity contribution >= 4 is 17.4 Å². The maximum Gasteiger partial charge on any atom is 0.416 e. The molecule has 20 heavy (non-hydrogen) atoms. The van der Waals surface area contributed by atoms with Crippen LogP contribution in [0.15, 0.2) is 36.7 Å². The van der Waals surface area contributed by atoms with Gasteiger partial charge in [-0.25, -0.2) is 4.98 Å². The number of alkyl halides is 3. The van der Waals surface area contributed by atoms with E-state index in [9.17, 15) is 13.2 Å². The molecule has 2 rings (SSSR count). The van der Waals surface area contributed by atoms with E-state index >= 15 is 0 Å². The molecule has 0 amide bonds. The fourth-order valence-electron chi connectivity index (χ4n) is 1.69. The monoisotopic (exact) mass is 301 g/mol. The summed E-state index contributed by atoms with van der Waals surface area (Å²) >= 11 is 5.66. The lowest BCUT2D eigenvalue weighted by atomic mass is 10.2. The Balaban J connectivity index is 2.26. The van der Waals surface area contributed by atoms with Gasteiger partial charge in [-0.05, 0) is 29.8 Å². The van der Waals surface area contributed by atoms with Crippen LogP contribution in [0, 0.1) is 0 Å². The normalized spacial score (nSPS) is 11.4. The standard InChI is InChI=1S/C13H11ClF3N3/c1-20(8-9-2-4-18-5-3-9)12-7-10(13(15,16)17)6-11(14)19-12/h2-7H,8H2,1H3. The molecule has 2 aromatic rings. The van der Waals surface area contributed by atoms with E-state index in [1.54, 1.807) is 36.5 Å². The third-order valence-electron chi connectivity index (χ3n) is 2.67. The first kappa shape index (κ1) is 14.6. The molecule has 106 valence electrons. The van der Waals surface area contributed by atoms with Gasteiger partial charge in [-0.15, -0.1) is 0 Å². The number of nitrogens with zero attached hydrogens (tertiary/aromatic N) is 3. The lowest BCUT2D eigenvalue weighted by Crippen LogP contribution is -2.19. The number of halogens is 4. The smallest absolute Gasteiger partial charge is 0.355 e. The first-order valence-electron chi connectivity index (χ1n) is 5.71. The summed E-state index contributed by atoms with van der Waals surface area (Å²) in [6.07, 6.45) is -1.20. The SMILES string of the molecule is CN(Cc1ccncc1)c1cc(C(F)(F)F)cc(Cl)n1. The molecule has 0 atom stereocenters. The highest BCUT2D eigenvalue weighted by molar-refractivity contribution is 6.29. The highest BCUT2D eigenvalue weighted by Gasteiger charge is 2.31. The second-order valence-electron chi connectivity index (χ2n) is 4.25. The molecule has 3 nitrogen and oxygen atoms in total. The van der Waals surface area contributed by atoms with Gasteiger partial charge in [0.15, 0.2) is 0 Å². The molecule has 0 aromatic carbocycles.